The second kappa shape index (κ2) is 7.99. The maximum absolute atomic E-state index is 10.8. The van der Waals surface area contributed by atoms with Gasteiger partial charge in [-0.1, -0.05) is 0 Å². The number of aliphatic carboxylic acids is 1. The number of hydrogen-bond donors (Lipinski definition) is 5. The zero-order chi connectivity index (χ0) is 20.0. The molecule has 2 heterocycles. The van der Waals surface area contributed by atoms with Crippen LogP contribution >= 0.6 is 0 Å². The molecule has 0 aromatic carbocycles. The number of carboxylic acid groups (broad SMARTS) is 2. The Kier molecular flexibility index (Phi) is 6.07. The van der Waals surface area contributed by atoms with Gasteiger partial charge in [-0.05, 0) is 0 Å². The van der Waals surface area contributed by atoms with E-state index in [9.17, 15) is 38.9 Å². The van der Waals surface area contributed by atoms with Crippen molar-refractivity contribution in [3.05, 3.63) is 69.7 Å². The highest BCUT2D eigenvalue weighted by molar-refractivity contribution is 5.89. The molecule has 2 aromatic heterocycles. The molecule has 5 N–H and O–H groups in total. The van der Waals surface area contributed by atoms with Crippen molar-refractivity contribution in [2.24, 2.45) is 0 Å². The average Bonchev–Trinajstić information content (AvgIpc) is 2.49. The van der Waals surface area contributed by atoms with Crippen LogP contribution in [0.1, 0.15) is 10.5 Å². The second-order valence-electron chi connectivity index (χ2n) is 4.33. The molecule has 2 rings (SSSR count). The number of rotatable bonds is 4. The summed E-state index contributed by atoms with van der Waals surface area (Å²) in [5.74, 6) is -2.89. The summed E-state index contributed by atoms with van der Waals surface area (Å²) >= 11 is 0. The van der Waals surface area contributed by atoms with Gasteiger partial charge in [-0.2, -0.15) is 0 Å². The second-order valence-corrected chi connectivity index (χ2v) is 4.33. The molecule has 0 atom stereocenters. The molecule has 2 aromatic rings. The van der Waals surface area contributed by atoms with Crippen molar-refractivity contribution in [2.75, 3.05) is 0 Å². The molecule has 26 heavy (non-hydrogen) atoms. The Morgan fingerprint density at radius 2 is 1.73 bits per heavy atom. The Hall–Kier alpha value is -4.30. The van der Waals surface area contributed by atoms with Gasteiger partial charge in [0, 0.05) is 12.3 Å². The van der Waals surface area contributed by atoms with E-state index in [-0.39, 0.29) is 0 Å². The summed E-state index contributed by atoms with van der Waals surface area (Å²) in [6.45, 7) is -0.449. The summed E-state index contributed by atoms with van der Waals surface area (Å²) in [7, 11) is 0. The smallest absolute Gasteiger partial charge is 0.364 e. The topological polar surface area (TPSA) is 238 Å². The first-order chi connectivity index (χ1) is 12.0. The lowest BCUT2D eigenvalue weighted by Crippen LogP contribution is -2.30. The molecule has 0 spiro atoms. The molecule has 0 radical (unpaired) electrons. The van der Waals surface area contributed by atoms with Crippen LogP contribution in [0.2, 0.25) is 0 Å². The third-order valence-electron chi connectivity index (χ3n) is 2.52. The molecular formula is C11H9N5O10. The van der Waals surface area contributed by atoms with Crippen molar-refractivity contribution in [1.29, 1.82) is 0 Å². The standard InChI is InChI=1S/C6H6N2O4.C5H3N3O6/c9-4-1-2-8(3-5(10)11)6(12)7-4;9-3-2(8(13)14)1(4(10)11)6-5(12)7-3/h1-2H,3H2,(H,10,11)(H,7,9,12);(H,10,11)(H2,6,7,9,12). The molecule has 0 amide bonds. The van der Waals surface area contributed by atoms with Gasteiger partial charge in [-0.3, -0.25) is 44.0 Å². The third kappa shape index (κ3) is 5.11. The van der Waals surface area contributed by atoms with E-state index in [4.69, 9.17) is 10.2 Å². The number of H-pyrrole nitrogens is 3. The fourth-order valence-corrected chi connectivity index (χ4v) is 1.52. The van der Waals surface area contributed by atoms with E-state index in [1.165, 1.54) is 0 Å². The summed E-state index contributed by atoms with van der Waals surface area (Å²) in [5.41, 5.74) is -5.96. The monoisotopic (exact) mass is 371 g/mol. The Bertz CT molecular complexity index is 1090. The fourth-order valence-electron chi connectivity index (χ4n) is 1.52. The maximum atomic E-state index is 10.8. The van der Waals surface area contributed by atoms with Crippen LogP contribution in [0.4, 0.5) is 5.69 Å². The first-order valence-corrected chi connectivity index (χ1v) is 6.28. The van der Waals surface area contributed by atoms with Crippen molar-refractivity contribution in [1.82, 2.24) is 19.5 Å². The van der Waals surface area contributed by atoms with Crippen molar-refractivity contribution in [3.63, 3.8) is 0 Å². The SMILES string of the molecule is O=C(O)Cn1ccc(=O)[nH]c1=O.O=C(O)c1[nH]c(=O)[nH]c(=O)c1[N+](=O)[O-]. The normalized spacial score (nSPS) is 9.69. The molecule has 0 fully saturated rings. The van der Waals surface area contributed by atoms with Gasteiger partial charge in [0.05, 0.1) is 4.92 Å². The number of nitrogens with zero attached hydrogens (tertiary/aromatic N) is 2. The largest absolute Gasteiger partial charge is 0.480 e. The molecule has 0 saturated heterocycles. The van der Waals surface area contributed by atoms with Gasteiger partial charge in [0.15, 0.2) is 0 Å². The lowest BCUT2D eigenvalue weighted by Gasteiger charge is -1.97. The highest BCUT2D eigenvalue weighted by Crippen LogP contribution is 2.06. The summed E-state index contributed by atoms with van der Waals surface area (Å²) in [6.07, 6.45) is 1.13. The molecule has 0 aliphatic heterocycles. The minimum atomic E-state index is -1.75. The minimum Gasteiger partial charge on any atom is -0.480 e. The zero-order valence-electron chi connectivity index (χ0n) is 12.4. The van der Waals surface area contributed by atoms with Crippen molar-refractivity contribution in [2.45, 2.75) is 6.54 Å². The summed E-state index contributed by atoms with van der Waals surface area (Å²) < 4.78 is 0.893. The van der Waals surface area contributed by atoms with Crippen molar-refractivity contribution >= 4 is 17.6 Å². The molecule has 0 bridgehead atoms. The maximum Gasteiger partial charge on any atom is 0.364 e. The van der Waals surface area contributed by atoms with Crippen LogP contribution in [0, 0.1) is 10.1 Å². The van der Waals surface area contributed by atoms with Gasteiger partial charge in [-0.25, -0.2) is 14.4 Å². The van der Waals surface area contributed by atoms with E-state index < -0.39 is 57.3 Å². The number of aromatic carboxylic acids is 1. The molecule has 0 unspecified atom stereocenters. The van der Waals surface area contributed by atoms with E-state index in [1.54, 1.807) is 9.97 Å². The summed E-state index contributed by atoms with van der Waals surface area (Å²) in [5, 5.41) is 27.0. The van der Waals surface area contributed by atoms with Gasteiger partial charge in [0.2, 0.25) is 5.69 Å². The summed E-state index contributed by atoms with van der Waals surface area (Å²) in [4.78, 5) is 77.5. The molecule has 15 heteroatoms. The predicted octanol–water partition coefficient (Wildman–Crippen LogP) is -2.71. The number of aromatic nitrogens is 4. The quantitative estimate of drug-likeness (QED) is 0.275. The number of hydrogen-bond acceptors (Lipinski definition) is 8. The van der Waals surface area contributed by atoms with Gasteiger partial charge in [0.25, 0.3) is 5.56 Å². The molecule has 15 nitrogen and oxygen atoms in total. The molecule has 0 aliphatic rings. The molecule has 0 saturated carbocycles. The lowest BCUT2D eigenvalue weighted by molar-refractivity contribution is -0.387. The number of carbonyl (C=O) groups is 2. The van der Waals surface area contributed by atoms with Gasteiger partial charge >= 0.3 is 34.6 Å². The van der Waals surface area contributed by atoms with Crippen LogP contribution in [-0.2, 0) is 11.3 Å². The van der Waals surface area contributed by atoms with Gasteiger partial charge < -0.3 is 10.2 Å². The van der Waals surface area contributed by atoms with Crippen LogP contribution in [0.15, 0.2) is 31.4 Å². The van der Waals surface area contributed by atoms with E-state index in [0.29, 0.717) is 0 Å². The number of carboxylic acids is 2. The van der Waals surface area contributed by atoms with Crippen LogP contribution < -0.4 is 22.5 Å². The Morgan fingerprint density at radius 3 is 2.19 bits per heavy atom. The lowest BCUT2D eigenvalue weighted by atomic mass is 10.3. The zero-order valence-corrected chi connectivity index (χ0v) is 12.4. The van der Waals surface area contributed by atoms with Crippen LogP contribution in [0.5, 0.6) is 0 Å². The van der Waals surface area contributed by atoms with Crippen LogP contribution in [-0.4, -0.2) is 46.6 Å². The van der Waals surface area contributed by atoms with Crippen molar-refractivity contribution in [3.8, 4) is 0 Å². The molecular weight excluding hydrogens is 362 g/mol. The highest BCUT2D eigenvalue weighted by Gasteiger charge is 2.25. The first-order valence-electron chi connectivity index (χ1n) is 6.28. The Balaban J connectivity index is 0.000000263. The Labute approximate surface area is 139 Å². The number of nitrogens with one attached hydrogen (secondary N) is 3. The Morgan fingerprint density at radius 1 is 1.12 bits per heavy atom. The minimum absolute atomic E-state index is 0.449. The third-order valence-corrected chi connectivity index (χ3v) is 2.52. The fraction of sp³-hybridized carbons (Fsp3) is 0.0909. The van der Waals surface area contributed by atoms with E-state index >= 15 is 0 Å². The van der Waals surface area contributed by atoms with Crippen LogP contribution in [0.3, 0.4) is 0 Å². The van der Waals surface area contributed by atoms with Gasteiger partial charge in [-0.15, -0.1) is 0 Å². The predicted molar refractivity (Wildman–Crippen MR) is 80.3 cm³/mol. The van der Waals surface area contributed by atoms with E-state index in [1.807, 2.05) is 4.98 Å². The first kappa shape index (κ1) is 19.7. The molecule has 0 aliphatic carbocycles. The number of aromatic amines is 3. The molecule has 138 valence electrons. The van der Waals surface area contributed by atoms with E-state index in [2.05, 4.69) is 0 Å². The van der Waals surface area contributed by atoms with Crippen molar-refractivity contribution < 1.29 is 24.7 Å². The summed E-state index contributed by atoms with van der Waals surface area (Å²) in [6, 6.07) is 1.09. The van der Waals surface area contributed by atoms with Gasteiger partial charge in [0.1, 0.15) is 6.54 Å². The average molecular weight is 371 g/mol. The highest BCUT2D eigenvalue weighted by atomic mass is 16.6. The van der Waals surface area contributed by atoms with E-state index in [0.717, 1.165) is 16.8 Å². The number of nitro groups is 1. The van der Waals surface area contributed by atoms with Crippen LogP contribution in [0.25, 0.3) is 0 Å².